The van der Waals surface area contributed by atoms with Crippen molar-refractivity contribution in [3.63, 3.8) is 0 Å². The minimum Gasteiger partial charge on any atom is -0.468 e. The molecule has 2 N–H and O–H groups in total. The number of hydrogen-bond acceptors (Lipinski definition) is 5. The van der Waals surface area contributed by atoms with E-state index in [-0.39, 0.29) is 18.0 Å². The maximum Gasteiger partial charge on any atom is 0.319 e. The molecule has 1 aromatic carbocycles. The first-order valence-electron chi connectivity index (χ1n) is 10.3. The molecule has 0 bridgehead atoms. The van der Waals surface area contributed by atoms with Crippen LogP contribution in [0.2, 0.25) is 0 Å². The van der Waals surface area contributed by atoms with Gasteiger partial charge in [-0.3, -0.25) is 9.69 Å². The molecule has 28 heavy (non-hydrogen) atoms. The van der Waals surface area contributed by atoms with Crippen molar-refractivity contribution in [3.8, 4) is 0 Å². The molecule has 7 heteroatoms. The van der Waals surface area contributed by atoms with E-state index in [0.717, 1.165) is 44.0 Å². The lowest BCUT2D eigenvalue weighted by Gasteiger charge is -2.35. The molecule has 1 aromatic rings. The molecule has 1 saturated heterocycles. The number of benzene rings is 1. The van der Waals surface area contributed by atoms with Crippen molar-refractivity contribution in [3.05, 3.63) is 24.3 Å². The lowest BCUT2D eigenvalue weighted by Crippen LogP contribution is -2.48. The minimum absolute atomic E-state index is 0.122. The molecule has 2 aliphatic rings. The number of piperazine rings is 1. The van der Waals surface area contributed by atoms with E-state index in [9.17, 15) is 9.59 Å². The van der Waals surface area contributed by atoms with Gasteiger partial charge in [0.25, 0.3) is 0 Å². The molecule has 7 nitrogen and oxygen atoms in total. The summed E-state index contributed by atoms with van der Waals surface area (Å²) in [7, 11) is 1.42. The highest BCUT2D eigenvalue weighted by molar-refractivity contribution is 5.89. The van der Waals surface area contributed by atoms with Crippen molar-refractivity contribution in [1.29, 1.82) is 0 Å². The second-order valence-corrected chi connectivity index (χ2v) is 7.85. The molecule has 1 heterocycles. The lowest BCUT2D eigenvalue weighted by molar-refractivity contribution is -0.142. The van der Waals surface area contributed by atoms with E-state index in [2.05, 4.69) is 27.4 Å². The number of nitrogens with one attached hydrogen (secondary N) is 2. The standard InChI is InChI=1S/C21H32N4O3/c1-16-5-3-4-6-19(16)23-21(27)22-17-7-9-18(10-8-17)25-13-11-24(12-14-25)15-20(26)28-2/h7-10,16,19H,3-6,11-15H2,1-2H3,(H2,22,23,27). The zero-order valence-corrected chi connectivity index (χ0v) is 16.9. The maximum absolute atomic E-state index is 12.3. The van der Waals surface area contributed by atoms with Gasteiger partial charge in [0.15, 0.2) is 0 Å². The SMILES string of the molecule is COC(=O)CN1CCN(c2ccc(NC(=O)NC3CCCCC3C)cc2)CC1. The fraction of sp³-hybridized carbons (Fsp3) is 0.619. The summed E-state index contributed by atoms with van der Waals surface area (Å²) in [5, 5.41) is 6.06. The number of amides is 2. The lowest BCUT2D eigenvalue weighted by atomic mass is 9.86. The van der Waals surface area contributed by atoms with Crippen LogP contribution in [-0.4, -0.2) is 62.8 Å². The van der Waals surface area contributed by atoms with Gasteiger partial charge in [0.1, 0.15) is 0 Å². The third-order valence-electron chi connectivity index (χ3n) is 5.87. The van der Waals surface area contributed by atoms with Gasteiger partial charge in [-0.15, -0.1) is 0 Å². The highest BCUT2D eigenvalue weighted by atomic mass is 16.5. The number of carbonyl (C=O) groups is 2. The number of ether oxygens (including phenoxy) is 1. The number of esters is 1. The van der Waals surface area contributed by atoms with Gasteiger partial charge in [0, 0.05) is 43.6 Å². The smallest absolute Gasteiger partial charge is 0.319 e. The quantitative estimate of drug-likeness (QED) is 0.759. The van der Waals surface area contributed by atoms with E-state index in [4.69, 9.17) is 4.74 Å². The van der Waals surface area contributed by atoms with Crippen LogP contribution in [0.3, 0.4) is 0 Å². The van der Waals surface area contributed by atoms with Crippen LogP contribution in [0.25, 0.3) is 0 Å². The first-order chi connectivity index (χ1) is 13.5. The fourth-order valence-corrected chi connectivity index (χ4v) is 4.03. The van der Waals surface area contributed by atoms with E-state index < -0.39 is 0 Å². The molecule has 154 valence electrons. The third-order valence-corrected chi connectivity index (χ3v) is 5.87. The van der Waals surface area contributed by atoms with E-state index in [1.54, 1.807) is 0 Å². The molecule has 0 spiro atoms. The van der Waals surface area contributed by atoms with Gasteiger partial charge in [-0.1, -0.05) is 19.8 Å². The molecular weight excluding hydrogens is 356 g/mol. The van der Waals surface area contributed by atoms with Crippen LogP contribution in [0.1, 0.15) is 32.6 Å². The van der Waals surface area contributed by atoms with Gasteiger partial charge in [0.2, 0.25) is 0 Å². The predicted octanol–water partition coefficient (Wildman–Crippen LogP) is 2.68. The Bertz CT molecular complexity index is 656. The second kappa shape index (κ2) is 9.78. The molecule has 2 atom stereocenters. The second-order valence-electron chi connectivity index (χ2n) is 7.85. The first kappa shape index (κ1) is 20.5. The van der Waals surface area contributed by atoms with Crippen molar-refractivity contribution < 1.29 is 14.3 Å². The van der Waals surface area contributed by atoms with Crippen LogP contribution in [0.5, 0.6) is 0 Å². The molecule has 2 amide bonds. The molecule has 0 aromatic heterocycles. The minimum atomic E-state index is -0.190. The average molecular weight is 389 g/mol. The largest absolute Gasteiger partial charge is 0.468 e. The summed E-state index contributed by atoms with van der Waals surface area (Å²) in [5.41, 5.74) is 1.93. The number of methoxy groups -OCH3 is 1. The van der Waals surface area contributed by atoms with Crippen LogP contribution < -0.4 is 15.5 Å². The third kappa shape index (κ3) is 5.61. The van der Waals surface area contributed by atoms with E-state index in [0.29, 0.717) is 12.5 Å². The van der Waals surface area contributed by atoms with Crippen LogP contribution in [0, 0.1) is 5.92 Å². The van der Waals surface area contributed by atoms with E-state index in [1.165, 1.54) is 26.4 Å². The van der Waals surface area contributed by atoms with Crippen molar-refractivity contribution in [2.45, 2.75) is 38.6 Å². The molecule has 1 saturated carbocycles. The Kier molecular flexibility index (Phi) is 7.14. The van der Waals surface area contributed by atoms with Crippen LogP contribution in [0.15, 0.2) is 24.3 Å². The van der Waals surface area contributed by atoms with Gasteiger partial charge < -0.3 is 20.3 Å². The summed E-state index contributed by atoms with van der Waals surface area (Å²) in [5.74, 6) is 0.351. The number of nitrogens with zero attached hydrogens (tertiary/aromatic N) is 2. The van der Waals surface area contributed by atoms with Gasteiger partial charge in [-0.25, -0.2) is 4.79 Å². The maximum atomic E-state index is 12.3. The van der Waals surface area contributed by atoms with Gasteiger partial charge in [0.05, 0.1) is 13.7 Å². The molecular formula is C21H32N4O3. The average Bonchev–Trinajstić information content (AvgIpc) is 2.71. The Morgan fingerprint density at radius 2 is 1.75 bits per heavy atom. The van der Waals surface area contributed by atoms with Crippen molar-refractivity contribution in [2.24, 2.45) is 5.92 Å². The normalized spacial score (nSPS) is 23.1. The molecule has 2 unspecified atom stereocenters. The van der Waals surface area contributed by atoms with Crippen molar-refractivity contribution in [1.82, 2.24) is 10.2 Å². The summed E-state index contributed by atoms with van der Waals surface area (Å²) >= 11 is 0. The van der Waals surface area contributed by atoms with Gasteiger partial charge in [-0.05, 0) is 43.0 Å². The monoisotopic (exact) mass is 388 g/mol. The number of rotatable bonds is 5. The zero-order chi connectivity index (χ0) is 19.9. The Morgan fingerprint density at radius 3 is 2.39 bits per heavy atom. The molecule has 1 aliphatic carbocycles. The van der Waals surface area contributed by atoms with Crippen molar-refractivity contribution in [2.75, 3.05) is 50.1 Å². The molecule has 1 aliphatic heterocycles. The van der Waals surface area contributed by atoms with Crippen LogP contribution in [-0.2, 0) is 9.53 Å². The molecule has 0 radical (unpaired) electrons. The summed E-state index contributed by atoms with van der Waals surface area (Å²) in [6, 6.07) is 8.11. The van der Waals surface area contributed by atoms with E-state index in [1.807, 2.05) is 24.3 Å². The first-order valence-corrected chi connectivity index (χ1v) is 10.3. The Morgan fingerprint density at radius 1 is 1.07 bits per heavy atom. The zero-order valence-electron chi connectivity index (χ0n) is 16.9. The predicted molar refractivity (Wildman–Crippen MR) is 111 cm³/mol. The number of urea groups is 1. The number of anilines is 2. The topological polar surface area (TPSA) is 73.9 Å². The Hall–Kier alpha value is -2.28. The molecule has 2 fully saturated rings. The Balaban J connectivity index is 1.46. The van der Waals surface area contributed by atoms with Crippen LogP contribution >= 0.6 is 0 Å². The fourth-order valence-electron chi connectivity index (χ4n) is 4.03. The van der Waals surface area contributed by atoms with Gasteiger partial charge in [-0.2, -0.15) is 0 Å². The highest BCUT2D eigenvalue weighted by Gasteiger charge is 2.23. The summed E-state index contributed by atoms with van der Waals surface area (Å²) < 4.78 is 4.73. The van der Waals surface area contributed by atoms with Crippen molar-refractivity contribution >= 4 is 23.4 Å². The number of hydrogen-bond donors (Lipinski definition) is 2. The van der Waals surface area contributed by atoms with Crippen LogP contribution in [0.4, 0.5) is 16.2 Å². The van der Waals surface area contributed by atoms with E-state index >= 15 is 0 Å². The highest BCUT2D eigenvalue weighted by Crippen LogP contribution is 2.24. The summed E-state index contributed by atoms with van der Waals surface area (Å²) in [6.07, 6.45) is 4.71. The van der Waals surface area contributed by atoms with Gasteiger partial charge >= 0.3 is 12.0 Å². The number of carbonyl (C=O) groups excluding carboxylic acids is 2. The summed E-state index contributed by atoms with van der Waals surface area (Å²) in [4.78, 5) is 28.1. The molecule has 3 rings (SSSR count). The summed E-state index contributed by atoms with van der Waals surface area (Å²) in [6.45, 7) is 5.95. The Labute approximate surface area is 167 Å².